The van der Waals surface area contributed by atoms with Crippen LogP contribution in [0.25, 0.3) is 22.8 Å². The summed E-state index contributed by atoms with van der Waals surface area (Å²) in [6.07, 6.45) is -6.84. The Balaban J connectivity index is 1.40. The lowest BCUT2D eigenvalue weighted by Crippen LogP contribution is -2.05. The van der Waals surface area contributed by atoms with Crippen LogP contribution in [0.15, 0.2) is 59.3 Å². The summed E-state index contributed by atoms with van der Waals surface area (Å²) in [7, 11) is 0. The van der Waals surface area contributed by atoms with E-state index in [0.717, 1.165) is 30.0 Å². The number of fused-ring (bicyclic) bond motifs is 3. The van der Waals surface area contributed by atoms with Gasteiger partial charge in [-0.25, -0.2) is 4.98 Å². The lowest BCUT2D eigenvalue weighted by atomic mass is 10.1. The Kier molecular flexibility index (Phi) is 4.44. The van der Waals surface area contributed by atoms with Crippen LogP contribution in [-0.4, -0.2) is 14.7 Å². The van der Waals surface area contributed by atoms with Crippen molar-refractivity contribution in [2.24, 2.45) is 0 Å². The summed E-state index contributed by atoms with van der Waals surface area (Å²) in [6.45, 7) is 0.348. The second-order valence-electron chi connectivity index (χ2n) is 7.44. The lowest BCUT2D eigenvalue weighted by molar-refractivity contribution is -0.138. The molecular formula is C22H13F6N3O. The average molecular weight is 449 g/mol. The molecule has 0 spiro atoms. The molecule has 1 aliphatic heterocycles. The Morgan fingerprint density at radius 1 is 0.844 bits per heavy atom. The number of benzene rings is 2. The maximum Gasteiger partial charge on any atom is 0.416 e. The predicted molar refractivity (Wildman–Crippen MR) is 102 cm³/mol. The number of hydrogen-bond acceptors (Lipinski definition) is 3. The van der Waals surface area contributed by atoms with E-state index in [4.69, 9.17) is 4.52 Å². The number of hydrogen-bond donors (Lipinski definition) is 0. The molecule has 4 nitrogen and oxygen atoms in total. The Morgan fingerprint density at radius 2 is 1.44 bits per heavy atom. The second-order valence-corrected chi connectivity index (χ2v) is 7.44. The van der Waals surface area contributed by atoms with Crippen molar-refractivity contribution in [2.75, 3.05) is 0 Å². The molecule has 0 aliphatic carbocycles. The molecule has 0 atom stereocenters. The van der Waals surface area contributed by atoms with Crippen molar-refractivity contribution < 1.29 is 30.9 Å². The highest BCUT2D eigenvalue weighted by molar-refractivity contribution is 5.72. The van der Waals surface area contributed by atoms with Crippen LogP contribution in [-0.2, 0) is 25.3 Å². The molecule has 5 rings (SSSR count). The first kappa shape index (κ1) is 20.3. The van der Waals surface area contributed by atoms with E-state index >= 15 is 0 Å². The van der Waals surface area contributed by atoms with Gasteiger partial charge in [0.05, 0.1) is 23.2 Å². The molecular weight excluding hydrogens is 436 g/mol. The normalized spacial score (nSPS) is 13.3. The first-order valence-corrected chi connectivity index (χ1v) is 9.48. The number of halogens is 6. The summed E-state index contributed by atoms with van der Waals surface area (Å²) in [5, 5.41) is 4.04. The van der Waals surface area contributed by atoms with Gasteiger partial charge < -0.3 is 9.09 Å². The number of imidazole rings is 1. The van der Waals surface area contributed by atoms with E-state index in [2.05, 4.69) is 10.1 Å². The molecule has 10 heteroatoms. The van der Waals surface area contributed by atoms with Gasteiger partial charge in [-0.2, -0.15) is 26.3 Å². The zero-order valence-electron chi connectivity index (χ0n) is 16.1. The summed E-state index contributed by atoms with van der Waals surface area (Å²) >= 11 is 0. The van der Waals surface area contributed by atoms with Gasteiger partial charge in [-0.1, -0.05) is 29.4 Å². The van der Waals surface area contributed by atoms with Crippen LogP contribution in [0, 0.1) is 0 Å². The van der Waals surface area contributed by atoms with E-state index in [-0.39, 0.29) is 0 Å². The SMILES string of the molecule is FC(F)(F)c1ccc(Cc2cnc3n2Cc2c-3noc2-c2ccc(C(F)(F)F)cc2)cc1. The summed E-state index contributed by atoms with van der Waals surface area (Å²) in [6, 6.07) is 9.53. The van der Waals surface area contributed by atoms with E-state index in [0.29, 0.717) is 46.9 Å². The molecule has 0 amide bonds. The molecule has 4 aromatic rings. The molecule has 0 fully saturated rings. The van der Waals surface area contributed by atoms with Gasteiger partial charge in [-0.3, -0.25) is 0 Å². The van der Waals surface area contributed by atoms with Crippen LogP contribution in [0.3, 0.4) is 0 Å². The molecule has 2 aromatic heterocycles. The monoisotopic (exact) mass is 449 g/mol. The van der Waals surface area contributed by atoms with Crippen molar-refractivity contribution >= 4 is 0 Å². The van der Waals surface area contributed by atoms with Crippen molar-refractivity contribution in [3.05, 3.63) is 82.7 Å². The summed E-state index contributed by atoms with van der Waals surface area (Å²) in [4.78, 5) is 4.36. The van der Waals surface area contributed by atoms with Gasteiger partial charge >= 0.3 is 12.4 Å². The highest BCUT2D eigenvalue weighted by atomic mass is 19.4. The summed E-state index contributed by atoms with van der Waals surface area (Å²) < 4.78 is 84.0. The van der Waals surface area contributed by atoms with E-state index < -0.39 is 23.5 Å². The largest absolute Gasteiger partial charge is 0.416 e. The number of alkyl halides is 6. The van der Waals surface area contributed by atoms with Crippen molar-refractivity contribution in [2.45, 2.75) is 25.3 Å². The van der Waals surface area contributed by atoms with Crippen LogP contribution in [0.5, 0.6) is 0 Å². The van der Waals surface area contributed by atoms with Gasteiger partial charge in [0.15, 0.2) is 17.3 Å². The minimum absolute atomic E-state index is 0.348. The van der Waals surface area contributed by atoms with Crippen LogP contribution in [0.2, 0.25) is 0 Å². The maximum absolute atomic E-state index is 12.8. The van der Waals surface area contributed by atoms with Crippen LogP contribution in [0.4, 0.5) is 26.3 Å². The fourth-order valence-corrected chi connectivity index (χ4v) is 3.77. The van der Waals surface area contributed by atoms with Gasteiger partial charge in [0.2, 0.25) is 0 Å². The Bertz CT molecular complexity index is 1280. The first-order valence-electron chi connectivity index (χ1n) is 9.48. The molecule has 2 aromatic carbocycles. The van der Waals surface area contributed by atoms with Crippen LogP contribution >= 0.6 is 0 Å². The number of rotatable bonds is 3. The fourth-order valence-electron chi connectivity index (χ4n) is 3.77. The molecule has 32 heavy (non-hydrogen) atoms. The van der Waals surface area contributed by atoms with Crippen LogP contribution in [0.1, 0.15) is 27.9 Å². The Hall–Kier alpha value is -3.56. The van der Waals surface area contributed by atoms with Gasteiger partial charge in [0.25, 0.3) is 0 Å². The smallest absolute Gasteiger partial charge is 0.355 e. The third-order valence-corrected chi connectivity index (χ3v) is 5.40. The highest BCUT2D eigenvalue weighted by Crippen LogP contribution is 2.39. The minimum Gasteiger partial charge on any atom is -0.355 e. The van der Waals surface area contributed by atoms with Crippen LogP contribution < -0.4 is 0 Å². The van der Waals surface area contributed by atoms with Gasteiger partial charge in [0.1, 0.15) is 0 Å². The molecule has 3 heterocycles. The zero-order valence-corrected chi connectivity index (χ0v) is 16.1. The van der Waals surface area contributed by atoms with E-state index in [9.17, 15) is 26.3 Å². The van der Waals surface area contributed by atoms with E-state index in [1.807, 2.05) is 4.57 Å². The topological polar surface area (TPSA) is 43.9 Å². The average Bonchev–Trinajstić information content (AvgIpc) is 3.40. The van der Waals surface area contributed by atoms with Gasteiger partial charge in [-0.15, -0.1) is 0 Å². The predicted octanol–water partition coefficient (Wildman–Crippen LogP) is 6.20. The van der Waals surface area contributed by atoms with Gasteiger partial charge in [0, 0.05) is 23.9 Å². The molecule has 0 radical (unpaired) electrons. The van der Waals surface area contributed by atoms with Crippen molar-refractivity contribution in [1.29, 1.82) is 0 Å². The minimum atomic E-state index is -4.43. The molecule has 0 N–H and O–H groups in total. The highest BCUT2D eigenvalue weighted by Gasteiger charge is 2.33. The fraction of sp³-hybridized carbons (Fsp3) is 0.182. The third kappa shape index (κ3) is 3.45. The molecule has 0 unspecified atom stereocenters. The van der Waals surface area contributed by atoms with E-state index in [1.165, 1.54) is 24.3 Å². The Morgan fingerprint density at radius 3 is 2.03 bits per heavy atom. The molecule has 0 bridgehead atoms. The molecule has 0 saturated carbocycles. The first-order chi connectivity index (χ1) is 15.1. The molecule has 0 saturated heterocycles. The molecule has 1 aliphatic rings. The van der Waals surface area contributed by atoms with Crippen molar-refractivity contribution in [3.63, 3.8) is 0 Å². The summed E-state index contributed by atoms with van der Waals surface area (Å²) in [5.41, 5.74) is 1.64. The quantitative estimate of drug-likeness (QED) is 0.308. The maximum atomic E-state index is 12.8. The third-order valence-electron chi connectivity index (χ3n) is 5.40. The Labute approximate surface area is 177 Å². The second kappa shape index (κ2) is 6.98. The number of nitrogens with zero attached hydrogens (tertiary/aromatic N) is 3. The molecule has 164 valence electrons. The van der Waals surface area contributed by atoms with Gasteiger partial charge in [-0.05, 0) is 29.8 Å². The van der Waals surface area contributed by atoms with Crippen molar-refractivity contribution in [3.8, 4) is 22.8 Å². The lowest BCUT2D eigenvalue weighted by Gasteiger charge is -2.09. The summed E-state index contributed by atoms with van der Waals surface area (Å²) in [5.74, 6) is 0.906. The standard InChI is InChI=1S/C22H13F6N3O/c23-21(24,25)14-5-1-12(2-6-14)9-16-10-29-20-18-17(11-31(16)20)19(32-30-18)13-3-7-15(8-4-13)22(26,27)28/h1-8,10H,9,11H2. The van der Waals surface area contributed by atoms with Crippen molar-refractivity contribution in [1.82, 2.24) is 14.7 Å². The van der Waals surface area contributed by atoms with E-state index in [1.54, 1.807) is 6.20 Å². The number of aromatic nitrogens is 3. The zero-order chi connectivity index (χ0) is 22.7.